The number of benzene rings is 2. The second kappa shape index (κ2) is 7.11. The summed E-state index contributed by atoms with van der Waals surface area (Å²) in [7, 11) is 0. The van der Waals surface area contributed by atoms with Crippen molar-refractivity contribution < 1.29 is 0 Å². The molecule has 1 N–H and O–H groups in total. The molecule has 1 unspecified atom stereocenters. The number of halogens is 1. The summed E-state index contributed by atoms with van der Waals surface area (Å²) in [6, 6.07) is 13.2. The third kappa shape index (κ3) is 3.66. The van der Waals surface area contributed by atoms with E-state index < -0.39 is 0 Å². The highest BCUT2D eigenvalue weighted by atomic mass is 35.5. The average Bonchev–Trinajstić information content (AvgIpc) is 2.49. The Bertz CT molecular complexity index is 602. The number of hydrogen-bond acceptors (Lipinski definition) is 1. The molecule has 1 nitrogen and oxygen atoms in total. The maximum atomic E-state index is 6.50. The second-order valence-corrected chi connectivity index (χ2v) is 5.95. The molecule has 2 aromatic rings. The van der Waals surface area contributed by atoms with Crippen LogP contribution < -0.4 is 5.32 Å². The van der Waals surface area contributed by atoms with Gasteiger partial charge in [-0.05, 0) is 60.7 Å². The van der Waals surface area contributed by atoms with Crippen molar-refractivity contribution in [3.8, 4) is 0 Å². The zero-order valence-electron chi connectivity index (χ0n) is 13.3. The maximum absolute atomic E-state index is 6.50. The Morgan fingerprint density at radius 1 is 1.00 bits per heavy atom. The van der Waals surface area contributed by atoms with Crippen LogP contribution in [0, 0.1) is 13.8 Å². The maximum Gasteiger partial charge on any atom is 0.0591 e. The van der Waals surface area contributed by atoms with Gasteiger partial charge in [0.05, 0.1) is 6.04 Å². The van der Waals surface area contributed by atoms with Gasteiger partial charge in [0.25, 0.3) is 0 Å². The number of hydrogen-bond donors (Lipinski definition) is 1. The van der Waals surface area contributed by atoms with Gasteiger partial charge in [0.1, 0.15) is 0 Å². The quantitative estimate of drug-likeness (QED) is 0.798. The SMILES string of the molecule is CCNC(c1ccc(CC)cc1)c1cc(C)c(C)cc1Cl. The van der Waals surface area contributed by atoms with Crippen LogP contribution in [-0.4, -0.2) is 6.54 Å². The third-order valence-electron chi connectivity index (χ3n) is 4.05. The Hall–Kier alpha value is -1.31. The molecule has 0 aliphatic rings. The summed E-state index contributed by atoms with van der Waals surface area (Å²) in [6.45, 7) is 9.45. The highest BCUT2D eigenvalue weighted by Crippen LogP contribution is 2.31. The van der Waals surface area contributed by atoms with Crippen LogP contribution in [0.2, 0.25) is 5.02 Å². The lowest BCUT2D eigenvalue weighted by atomic mass is 9.94. The first-order valence-corrected chi connectivity index (χ1v) is 8.03. The molecule has 0 radical (unpaired) electrons. The largest absolute Gasteiger partial charge is 0.306 e. The fraction of sp³-hybridized carbons (Fsp3) is 0.368. The summed E-state index contributed by atoms with van der Waals surface area (Å²) >= 11 is 6.50. The summed E-state index contributed by atoms with van der Waals surface area (Å²) in [6.07, 6.45) is 1.07. The summed E-state index contributed by atoms with van der Waals surface area (Å²) < 4.78 is 0. The van der Waals surface area contributed by atoms with Crippen LogP contribution in [0.15, 0.2) is 36.4 Å². The Labute approximate surface area is 133 Å². The first-order chi connectivity index (χ1) is 10.1. The van der Waals surface area contributed by atoms with Gasteiger partial charge in [0, 0.05) is 5.02 Å². The summed E-state index contributed by atoms with van der Waals surface area (Å²) in [4.78, 5) is 0. The third-order valence-corrected chi connectivity index (χ3v) is 4.38. The fourth-order valence-corrected chi connectivity index (χ4v) is 2.91. The van der Waals surface area contributed by atoms with Gasteiger partial charge in [0.2, 0.25) is 0 Å². The van der Waals surface area contributed by atoms with Crippen LogP contribution >= 0.6 is 11.6 Å². The number of aryl methyl sites for hydroxylation is 3. The van der Waals surface area contributed by atoms with Gasteiger partial charge in [-0.15, -0.1) is 0 Å². The summed E-state index contributed by atoms with van der Waals surface area (Å²) in [5, 5.41) is 4.39. The highest BCUT2D eigenvalue weighted by Gasteiger charge is 2.17. The molecule has 0 aliphatic heterocycles. The van der Waals surface area contributed by atoms with E-state index in [4.69, 9.17) is 11.6 Å². The van der Waals surface area contributed by atoms with Crippen LogP contribution in [0.25, 0.3) is 0 Å². The van der Waals surface area contributed by atoms with Crippen molar-refractivity contribution in [1.29, 1.82) is 0 Å². The lowest BCUT2D eigenvalue weighted by molar-refractivity contribution is 0.630. The van der Waals surface area contributed by atoms with Crippen LogP contribution in [0.1, 0.15) is 47.7 Å². The number of rotatable bonds is 5. The Balaban J connectivity index is 2.44. The molecule has 2 rings (SSSR count). The fourth-order valence-electron chi connectivity index (χ4n) is 2.58. The van der Waals surface area contributed by atoms with E-state index in [1.807, 2.05) is 0 Å². The molecule has 0 aliphatic carbocycles. The molecule has 2 aromatic carbocycles. The van der Waals surface area contributed by atoms with Crippen molar-refractivity contribution >= 4 is 11.6 Å². The molecule has 0 saturated heterocycles. The van der Waals surface area contributed by atoms with Gasteiger partial charge >= 0.3 is 0 Å². The Morgan fingerprint density at radius 3 is 2.19 bits per heavy atom. The molecule has 1 atom stereocenters. The predicted molar refractivity (Wildman–Crippen MR) is 92.3 cm³/mol. The average molecular weight is 302 g/mol. The van der Waals surface area contributed by atoms with Crippen LogP contribution in [0.3, 0.4) is 0 Å². The number of nitrogens with one attached hydrogen (secondary N) is 1. The van der Waals surface area contributed by atoms with E-state index in [0.717, 1.165) is 23.6 Å². The van der Waals surface area contributed by atoms with Crippen molar-refractivity contribution in [2.45, 2.75) is 40.2 Å². The molecule has 0 fully saturated rings. The molecule has 0 spiro atoms. The first kappa shape index (κ1) is 16.1. The van der Waals surface area contributed by atoms with Crippen LogP contribution in [0.4, 0.5) is 0 Å². The lowest BCUT2D eigenvalue weighted by Crippen LogP contribution is -2.22. The minimum absolute atomic E-state index is 0.146. The van der Waals surface area contributed by atoms with Crippen LogP contribution in [-0.2, 0) is 6.42 Å². The van der Waals surface area contributed by atoms with Crippen molar-refractivity contribution in [1.82, 2.24) is 5.32 Å². The second-order valence-electron chi connectivity index (χ2n) is 5.54. The molecule has 0 saturated carbocycles. The van der Waals surface area contributed by atoms with Gasteiger partial charge in [-0.1, -0.05) is 55.8 Å². The molecule has 0 bridgehead atoms. The standard InChI is InChI=1S/C19H24ClN/c1-5-15-7-9-16(10-8-15)19(21-6-2)17-11-13(3)14(4)12-18(17)20/h7-12,19,21H,5-6H2,1-4H3. The van der Waals surface area contributed by atoms with Crippen LogP contribution in [0.5, 0.6) is 0 Å². The van der Waals surface area contributed by atoms with E-state index >= 15 is 0 Å². The van der Waals surface area contributed by atoms with Crippen molar-refractivity contribution in [3.63, 3.8) is 0 Å². The van der Waals surface area contributed by atoms with Crippen molar-refractivity contribution in [3.05, 3.63) is 69.2 Å². The monoisotopic (exact) mass is 301 g/mol. The van der Waals surface area contributed by atoms with E-state index in [2.05, 4.69) is 69.4 Å². The smallest absolute Gasteiger partial charge is 0.0591 e. The summed E-state index contributed by atoms with van der Waals surface area (Å²) in [5.41, 5.74) is 6.30. The van der Waals surface area contributed by atoms with E-state index in [0.29, 0.717) is 0 Å². The molecule has 0 aromatic heterocycles. The van der Waals surface area contributed by atoms with Gasteiger partial charge in [0.15, 0.2) is 0 Å². The van der Waals surface area contributed by atoms with Gasteiger partial charge in [-0.25, -0.2) is 0 Å². The van der Waals surface area contributed by atoms with E-state index in [1.54, 1.807) is 0 Å². The first-order valence-electron chi connectivity index (χ1n) is 7.65. The van der Waals surface area contributed by atoms with Gasteiger partial charge in [-0.3, -0.25) is 0 Å². The zero-order valence-corrected chi connectivity index (χ0v) is 14.1. The minimum atomic E-state index is 0.146. The van der Waals surface area contributed by atoms with Crippen molar-refractivity contribution in [2.24, 2.45) is 0 Å². The Morgan fingerprint density at radius 2 is 1.62 bits per heavy atom. The molecule has 0 amide bonds. The molecule has 2 heteroatoms. The minimum Gasteiger partial charge on any atom is -0.306 e. The predicted octanol–water partition coefficient (Wildman–Crippen LogP) is 5.22. The zero-order chi connectivity index (χ0) is 15.4. The van der Waals surface area contributed by atoms with Crippen molar-refractivity contribution in [2.75, 3.05) is 6.54 Å². The molecular weight excluding hydrogens is 278 g/mol. The Kier molecular flexibility index (Phi) is 5.44. The topological polar surface area (TPSA) is 12.0 Å². The highest BCUT2D eigenvalue weighted by molar-refractivity contribution is 6.31. The molecular formula is C19H24ClN. The molecule has 112 valence electrons. The van der Waals surface area contributed by atoms with Gasteiger partial charge in [-0.2, -0.15) is 0 Å². The lowest BCUT2D eigenvalue weighted by Gasteiger charge is -2.21. The normalized spacial score (nSPS) is 12.4. The molecule has 21 heavy (non-hydrogen) atoms. The van der Waals surface area contributed by atoms with E-state index in [1.165, 1.54) is 22.3 Å². The van der Waals surface area contributed by atoms with Gasteiger partial charge < -0.3 is 5.32 Å². The van der Waals surface area contributed by atoms with E-state index in [9.17, 15) is 0 Å². The van der Waals surface area contributed by atoms with E-state index in [-0.39, 0.29) is 6.04 Å². The summed E-state index contributed by atoms with van der Waals surface area (Å²) in [5.74, 6) is 0. The molecule has 0 heterocycles.